The van der Waals surface area contributed by atoms with Gasteiger partial charge in [0.15, 0.2) is 0 Å². The van der Waals surface area contributed by atoms with Crippen LogP contribution in [-0.2, 0) is 9.53 Å². The van der Waals surface area contributed by atoms with Crippen LogP contribution in [0.1, 0.15) is 26.2 Å². The minimum absolute atomic E-state index is 0.189. The quantitative estimate of drug-likeness (QED) is 0.587. The molecule has 0 unspecified atom stereocenters. The molecule has 1 amide bonds. The van der Waals surface area contributed by atoms with Gasteiger partial charge >= 0.3 is 0 Å². The van der Waals surface area contributed by atoms with E-state index in [1.54, 1.807) is 7.11 Å². The van der Waals surface area contributed by atoms with Gasteiger partial charge in [-0.05, 0) is 12.8 Å². The van der Waals surface area contributed by atoms with Crippen molar-refractivity contribution in [1.29, 1.82) is 0 Å². The topological polar surface area (TPSA) is 55.6 Å². The lowest BCUT2D eigenvalue weighted by Crippen LogP contribution is -2.35. The second-order valence-electron chi connectivity index (χ2n) is 3.27. The summed E-state index contributed by atoms with van der Waals surface area (Å²) in [5, 5.41) is 0. The lowest BCUT2D eigenvalue weighted by molar-refractivity contribution is -0.131. The van der Waals surface area contributed by atoms with Crippen LogP contribution in [0.15, 0.2) is 0 Å². The van der Waals surface area contributed by atoms with E-state index < -0.39 is 0 Å². The van der Waals surface area contributed by atoms with Crippen molar-refractivity contribution in [3.8, 4) is 0 Å². The Labute approximate surface area is 86.4 Å². The predicted octanol–water partition coefficient (Wildman–Crippen LogP) is 0.610. The molecule has 0 aliphatic rings. The molecule has 0 heterocycles. The second-order valence-corrected chi connectivity index (χ2v) is 3.27. The molecule has 0 rings (SSSR count). The Morgan fingerprint density at radius 1 is 1.43 bits per heavy atom. The third kappa shape index (κ3) is 5.94. The van der Waals surface area contributed by atoms with Gasteiger partial charge in [0, 0.05) is 39.8 Å². The number of carbonyl (C=O) groups excluding carboxylic acids is 1. The van der Waals surface area contributed by atoms with Gasteiger partial charge < -0.3 is 15.4 Å². The van der Waals surface area contributed by atoms with E-state index in [9.17, 15) is 4.79 Å². The van der Waals surface area contributed by atoms with Gasteiger partial charge in [0.1, 0.15) is 0 Å². The van der Waals surface area contributed by atoms with Crippen LogP contribution in [0.25, 0.3) is 0 Å². The van der Waals surface area contributed by atoms with Crippen molar-refractivity contribution in [3.63, 3.8) is 0 Å². The molecule has 0 spiro atoms. The van der Waals surface area contributed by atoms with Crippen LogP contribution in [0.5, 0.6) is 0 Å². The maximum atomic E-state index is 11.6. The summed E-state index contributed by atoms with van der Waals surface area (Å²) < 4.78 is 4.90. The fraction of sp³-hybridized carbons (Fsp3) is 0.900. The highest BCUT2D eigenvalue weighted by atomic mass is 16.5. The highest BCUT2D eigenvalue weighted by Gasteiger charge is 2.10. The van der Waals surface area contributed by atoms with Gasteiger partial charge in [0.25, 0.3) is 0 Å². The highest BCUT2D eigenvalue weighted by molar-refractivity contribution is 5.76. The number of rotatable bonds is 8. The number of methoxy groups -OCH3 is 1. The van der Waals surface area contributed by atoms with Crippen LogP contribution in [-0.4, -0.2) is 44.2 Å². The lowest BCUT2D eigenvalue weighted by Gasteiger charge is -2.21. The highest BCUT2D eigenvalue weighted by Crippen LogP contribution is 1.99. The van der Waals surface area contributed by atoms with Gasteiger partial charge in [0.2, 0.25) is 5.91 Å². The van der Waals surface area contributed by atoms with E-state index >= 15 is 0 Å². The number of amides is 1. The Kier molecular flexibility index (Phi) is 8.57. The van der Waals surface area contributed by atoms with E-state index in [2.05, 4.69) is 6.92 Å². The fourth-order valence-corrected chi connectivity index (χ4v) is 1.31. The molecule has 0 fully saturated rings. The number of carbonyl (C=O) groups is 1. The smallest absolute Gasteiger partial charge is 0.222 e. The van der Waals surface area contributed by atoms with Crippen molar-refractivity contribution in [2.75, 3.05) is 33.4 Å². The summed E-state index contributed by atoms with van der Waals surface area (Å²) in [6, 6.07) is 0. The van der Waals surface area contributed by atoms with Crippen molar-refractivity contribution in [2.24, 2.45) is 5.73 Å². The molecule has 0 bridgehead atoms. The van der Waals surface area contributed by atoms with E-state index in [-0.39, 0.29) is 5.91 Å². The van der Waals surface area contributed by atoms with Crippen LogP contribution >= 0.6 is 0 Å². The summed E-state index contributed by atoms with van der Waals surface area (Å²) in [7, 11) is 1.65. The largest absolute Gasteiger partial charge is 0.385 e. The number of ether oxygens (including phenoxy) is 1. The van der Waals surface area contributed by atoms with Crippen molar-refractivity contribution >= 4 is 5.91 Å². The van der Waals surface area contributed by atoms with Crippen molar-refractivity contribution < 1.29 is 9.53 Å². The molecule has 4 heteroatoms. The predicted molar refractivity (Wildman–Crippen MR) is 57.0 cm³/mol. The Bertz CT molecular complexity index is 145. The van der Waals surface area contributed by atoms with Gasteiger partial charge in [0.05, 0.1) is 0 Å². The van der Waals surface area contributed by atoms with E-state index in [1.807, 2.05) is 4.90 Å². The van der Waals surface area contributed by atoms with Gasteiger partial charge in [-0.25, -0.2) is 0 Å². The third-order valence-corrected chi connectivity index (χ3v) is 1.98. The first kappa shape index (κ1) is 13.4. The molecule has 2 N–H and O–H groups in total. The molecule has 84 valence electrons. The zero-order valence-electron chi connectivity index (χ0n) is 9.29. The first-order valence-electron chi connectivity index (χ1n) is 5.23. The Morgan fingerprint density at radius 3 is 2.64 bits per heavy atom. The molecule has 0 aromatic carbocycles. The van der Waals surface area contributed by atoms with Gasteiger partial charge in [-0.3, -0.25) is 4.79 Å². The summed E-state index contributed by atoms with van der Waals surface area (Å²) in [5.74, 6) is 0.189. The Hall–Kier alpha value is -0.610. The summed E-state index contributed by atoms with van der Waals surface area (Å²) in [6.45, 7) is 4.72. The van der Waals surface area contributed by atoms with Crippen LogP contribution in [0.2, 0.25) is 0 Å². The second kappa shape index (κ2) is 8.97. The van der Waals surface area contributed by atoms with Crippen molar-refractivity contribution in [3.05, 3.63) is 0 Å². The molecule has 0 radical (unpaired) electrons. The maximum Gasteiger partial charge on any atom is 0.222 e. The van der Waals surface area contributed by atoms with Crippen LogP contribution in [0, 0.1) is 0 Å². The molecule has 4 nitrogen and oxygen atoms in total. The Balaban J connectivity index is 3.76. The summed E-state index contributed by atoms with van der Waals surface area (Å²) in [4.78, 5) is 13.4. The van der Waals surface area contributed by atoms with E-state index in [0.717, 1.165) is 19.4 Å². The van der Waals surface area contributed by atoms with E-state index in [1.165, 1.54) is 0 Å². The van der Waals surface area contributed by atoms with Gasteiger partial charge in [-0.2, -0.15) is 0 Å². The average molecular weight is 202 g/mol. The average Bonchev–Trinajstić information content (AvgIpc) is 2.18. The molecule has 0 saturated carbocycles. The van der Waals surface area contributed by atoms with Crippen molar-refractivity contribution in [2.45, 2.75) is 26.2 Å². The summed E-state index contributed by atoms with van der Waals surface area (Å²) in [5.41, 5.74) is 5.43. The fourth-order valence-electron chi connectivity index (χ4n) is 1.31. The molecule has 0 aromatic heterocycles. The first-order chi connectivity index (χ1) is 6.76. The monoisotopic (exact) mass is 202 g/mol. The minimum atomic E-state index is 0.189. The standard InChI is InChI=1S/C10H22N2O2/c1-3-7-12(8-6-11)10(13)5-4-9-14-2/h3-9,11H2,1-2H3. The maximum absolute atomic E-state index is 11.6. The minimum Gasteiger partial charge on any atom is -0.385 e. The molecule has 14 heavy (non-hydrogen) atoms. The molecule has 0 aliphatic carbocycles. The van der Waals surface area contributed by atoms with Crippen LogP contribution in [0.3, 0.4) is 0 Å². The van der Waals surface area contributed by atoms with Crippen LogP contribution in [0.4, 0.5) is 0 Å². The first-order valence-corrected chi connectivity index (χ1v) is 5.23. The van der Waals surface area contributed by atoms with Crippen LogP contribution < -0.4 is 5.73 Å². The molecular weight excluding hydrogens is 180 g/mol. The van der Waals surface area contributed by atoms with Crippen molar-refractivity contribution in [1.82, 2.24) is 4.90 Å². The SMILES string of the molecule is CCCN(CCN)C(=O)CCCOC. The van der Waals surface area contributed by atoms with E-state index in [0.29, 0.717) is 26.1 Å². The Morgan fingerprint density at radius 2 is 2.14 bits per heavy atom. The lowest BCUT2D eigenvalue weighted by atomic mass is 10.2. The zero-order chi connectivity index (χ0) is 10.8. The molecule has 0 saturated heterocycles. The molecule has 0 atom stereocenters. The number of nitrogens with two attached hydrogens (primary N) is 1. The summed E-state index contributed by atoms with van der Waals surface area (Å²) in [6.07, 6.45) is 2.34. The number of hydrogen-bond donors (Lipinski definition) is 1. The normalized spacial score (nSPS) is 10.2. The van der Waals surface area contributed by atoms with E-state index in [4.69, 9.17) is 10.5 Å². The summed E-state index contributed by atoms with van der Waals surface area (Å²) >= 11 is 0. The molecule has 0 aromatic rings. The number of hydrogen-bond acceptors (Lipinski definition) is 3. The van der Waals surface area contributed by atoms with Gasteiger partial charge in [-0.15, -0.1) is 0 Å². The third-order valence-electron chi connectivity index (χ3n) is 1.98. The zero-order valence-corrected chi connectivity index (χ0v) is 9.29. The van der Waals surface area contributed by atoms with Gasteiger partial charge in [-0.1, -0.05) is 6.92 Å². The molecular formula is C10H22N2O2. The molecule has 0 aliphatic heterocycles. The number of nitrogens with zero attached hydrogens (tertiary/aromatic N) is 1.